The van der Waals surface area contributed by atoms with E-state index in [1.54, 1.807) is 11.6 Å². The second-order valence-corrected chi connectivity index (χ2v) is 3.54. The zero-order chi connectivity index (χ0) is 11.6. The number of aliphatic hydroxyl groups excluding tert-OH is 1. The summed E-state index contributed by atoms with van der Waals surface area (Å²) in [6.45, 7) is 5.43. The fourth-order valence-electron chi connectivity index (χ4n) is 1.26. The van der Waals surface area contributed by atoms with E-state index in [0.29, 0.717) is 5.69 Å². The number of carbonyl (C=O) groups is 1. The van der Waals surface area contributed by atoms with Crippen molar-refractivity contribution in [1.29, 1.82) is 0 Å². The Morgan fingerprint density at radius 1 is 1.60 bits per heavy atom. The molecule has 0 aromatic carbocycles. The van der Waals surface area contributed by atoms with Crippen molar-refractivity contribution in [3.8, 4) is 5.88 Å². The first-order valence-corrected chi connectivity index (χ1v) is 4.66. The number of ether oxygens (including phenoxy) is 1. The molecule has 3 N–H and O–H groups in total. The maximum Gasteiger partial charge on any atom is 0.411 e. The van der Waals surface area contributed by atoms with E-state index in [1.165, 1.54) is 6.07 Å². The molecule has 0 radical (unpaired) electrons. The number of nitrogens with two attached hydrogens (primary N) is 1. The van der Waals surface area contributed by atoms with Crippen LogP contribution < -0.4 is 10.5 Å². The molecule has 1 heterocycles. The molecule has 0 fully saturated rings. The Hall–Kier alpha value is -1.56. The average molecular weight is 213 g/mol. The minimum atomic E-state index is -0.916. The van der Waals surface area contributed by atoms with Crippen molar-refractivity contribution in [1.82, 2.24) is 9.78 Å². The van der Waals surface area contributed by atoms with Crippen LogP contribution in [-0.2, 0) is 0 Å². The van der Waals surface area contributed by atoms with Gasteiger partial charge in [-0.1, -0.05) is 0 Å². The first-order valence-electron chi connectivity index (χ1n) is 4.66. The predicted octanol–water partition coefficient (Wildman–Crippen LogP) is 0.975. The van der Waals surface area contributed by atoms with E-state index in [1.807, 2.05) is 13.8 Å². The van der Waals surface area contributed by atoms with Crippen molar-refractivity contribution in [2.75, 3.05) is 0 Å². The smallest absolute Gasteiger partial charge is 0.390 e. The Morgan fingerprint density at radius 3 is 2.53 bits per heavy atom. The lowest BCUT2D eigenvalue weighted by atomic mass is 10.2. The zero-order valence-electron chi connectivity index (χ0n) is 8.97. The largest absolute Gasteiger partial charge is 0.411 e. The van der Waals surface area contributed by atoms with Crippen LogP contribution in [0.25, 0.3) is 0 Å². The molecule has 0 saturated carbocycles. The first kappa shape index (κ1) is 11.5. The number of nitrogens with zero attached hydrogens (tertiary/aromatic N) is 2. The number of amides is 1. The topological polar surface area (TPSA) is 90.4 Å². The summed E-state index contributed by atoms with van der Waals surface area (Å²) in [7, 11) is 0. The van der Waals surface area contributed by atoms with Gasteiger partial charge < -0.3 is 15.6 Å². The van der Waals surface area contributed by atoms with Gasteiger partial charge in [0, 0.05) is 12.1 Å². The van der Waals surface area contributed by atoms with Crippen LogP contribution in [0.4, 0.5) is 4.79 Å². The molecule has 6 heteroatoms. The van der Waals surface area contributed by atoms with Gasteiger partial charge in [0.05, 0.1) is 11.8 Å². The molecule has 0 aliphatic heterocycles. The SMILES string of the molecule is CC(O)c1cc(OC(N)=O)nn1C(C)C. The van der Waals surface area contributed by atoms with Gasteiger partial charge in [-0.3, -0.25) is 4.68 Å². The van der Waals surface area contributed by atoms with Gasteiger partial charge in [-0.2, -0.15) is 0 Å². The third-order valence-corrected chi connectivity index (χ3v) is 1.86. The standard InChI is InChI=1S/C9H15N3O3/c1-5(2)12-7(6(3)13)4-8(11-12)15-9(10)14/h4-6,13H,1-3H3,(H2,10,14). The maximum atomic E-state index is 10.5. The maximum absolute atomic E-state index is 10.5. The van der Waals surface area contributed by atoms with Gasteiger partial charge in [0.15, 0.2) is 0 Å². The highest BCUT2D eigenvalue weighted by Gasteiger charge is 2.16. The predicted molar refractivity (Wildman–Crippen MR) is 53.5 cm³/mol. The van der Waals surface area contributed by atoms with Gasteiger partial charge in [0.1, 0.15) is 0 Å². The van der Waals surface area contributed by atoms with Crippen molar-refractivity contribution < 1.29 is 14.6 Å². The van der Waals surface area contributed by atoms with Crippen molar-refractivity contribution >= 4 is 6.09 Å². The highest BCUT2D eigenvalue weighted by atomic mass is 16.6. The molecule has 1 atom stereocenters. The molecule has 15 heavy (non-hydrogen) atoms. The minimum absolute atomic E-state index is 0.0693. The Labute approximate surface area is 87.6 Å². The summed E-state index contributed by atoms with van der Waals surface area (Å²) in [6.07, 6.45) is -1.59. The normalized spacial score (nSPS) is 12.9. The van der Waals surface area contributed by atoms with Crippen LogP contribution in [0.1, 0.15) is 38.6 Å². The summed E-state index contributed by atoms with van der Waals surface area (Å²) in [5.74, 6) is 0.104. The van der Waals surface area contributed by atoms with Gasteiger partial charge in [0.2, 0.25) is 5.88 Å². The van der Waals surface area contributed by atoms with Crippen LogP contribution in [-0.4, -0.2) is 21.0 Å². The number of primary amides is 1. The van der Waals surface area contributed by atoms with Gasteiger partial charge in [-0.05, 0) is 20.8 Å². The first-order chi connectivity index (χ1) is 6.91. The van der Waals surface area contributed by atoms with Gasteiger partial charge >= 0.3 is 6.09 Å². The fraction of sp³-hybridized carbons (Fsp3) is 0.556. The van der Waals surface area contributed by atoms with Crippen LogP contribution in [0.2, 0.25) is 0 Å². The third kappa shape index (κ3) is 2.69. The molecule has 84 valence electrons. The molecule has 1 aromatic heterocycles. The van der Waals surface area contributed by atoms with E-state index >= 15 is 0 Å². The molecule has 1 rings (SSSR count). The van der Waals surface area contributed by atoms with E-state index in [0.717, 1.165) is 0 Å². The molecule has 0 saturated heterocycles. The summed E-state index contributed by atoms with van der Waals surface area (Å²) in [5.41, 5.74) is 5.45. The number of hydrogen-bond donors (Lipinski definition) is 2. The quantitative estimate of drug-likeness (QED) is 0.782. The van der Waals surface area contributed by atoms with Crippen molar-refractivity contribution in [3.63, 3.8) is 0 Å². The van der Waals surface area contributed by atoms with Gasteiger partial charge in [0.25, 0.3) is 0 Å². The summed E-state index contributed by atoms with van der Waals surface area (Å²) < 4.78 is 6.22. The molecule has 0 aliphatic carbocycles. The van der Waals surface area contributed by atoms with Crippen molar-refractivity contribution in [2.45, 2.75) is 32.9 Å². The number of aliphatic hydroxyl groups is 1. The third-order valence-electron chi connectivity index (χ3n) is 1.86. The Morgan fingerprint density at radius 2 is 2.20 bits per heavy atom. The van der Waals surface area contributed by atoms with Crippen LogP contribution in [0.3, 0.4) is 0 Å². The molecule has 0 bridgehead atoms. The van der Waals surface area contributed by atoms with Crippen LogP contribution >= 0.6 is 0 Å². The highest BCUT2D eigenvalue weighted by Crippen LogP contribution is 2.21. The Balaban J connectivity index is 3.03. The van der Waals surface area contributed by atoms with E-state index in [4.69, 9.17) is 5.73 Å². The molecular weight excluding hydrogens is 198 g/mol. The second-order valence-electron chi connectivity index (χ2n) is 3.54. The lowest BCUT2D eigenvalue weighted by Gasteiger charge is -2.11. The molecule has 1 aromatic rings. The number of carbonyl (C=O) groups excluding carboxylic acids is 1. The van der Waals surface area contributed by atoms with Crippen LogP contribution in [0, 0.1) is 0 Å². The lowest BCUT2D eigenvalue weighted by molar-refractivity contribution is 0.184. The molecule has 6 nitrogen and oxygen atoms in total. The summed E-state index contributed by atoms with van der Waals surface area (Å²) in [6, 6.07) is 1.56. The molecule has 0 aliphatic rings. The second kappa shape index (κ2) is 4.31. The van der Waals surface area contributed by atoms with E-state index in [9.17, 15) is 9.90 Å². The average Bonchev–Trinajstić information content (AvgIpc) is 2.46. The van der Waals surface area contributed by atoms with Crippen LogP contribution in [0.5, 0.6) is 5.88 Å². The Bertz CT molecular complexity index is 332. The van der Waals surface area contributed by atoms with E-state index < -0.39 is 12.2 Å². The molecule has 1 amide bonds. The number of rotatable bonds is 3. The minimum Gasteiger partial charge on any atom is -0.390 e. The van der Waals surface area contributed by atoms with Gasteiger partial charge in [-0.15, -0.1) is 5.10 Å². The lowest BCUT2D eigenvalue weighted by Crippen LogP contribution is -2.16. The van der Waals surface area contributed by atoms with E-state index in [-0.39, 0.29) is 11.9 Å². The summed E-state index contributed by atoms with van der Waals surface area (Å²) >= 11 is 0. The monoisotopic (exact) mass is 213 g/mol. The number of aromatic nitrogens is 2. The number of hydrogen-bond acceptors (Lipinski definition) is 4. The van der Waals surface area contributed by atoms with Crippen molar-refractivity contribution in [3.05, 3.63) is 11.8 Å². The summed E-state index contributed by atoms with van der Waals surface area (Å²) in [4.78, 5) is 10.5. The van der Waals surface area contributed by atoms with Gasteiger partial charge in [-0.25, -0.2) is 4.79 Å². The van der Waals surface area contributed by atoms with E-state index in [2.05, 4.69) is 9.84 Å². The molecule has 1 unspecified atom stereocenters. The van der Waals surface area contributed by atoms with Crippen molar-refractivity contribution in [2.24, 2.45) is 5.73 Å². The Kier molecular flexibility index (Phi) is 3.31. The fourth-order valence-corrected chi connectivity index (χ4v) is 1.26. The summed E-state index contributed by atoms with van der Waals surface area (Å²) in [5, 5.41) is 13.5. The molecular formula is C9H15N3O3. The van der Waals surface area contributed by atoms with Crippen LogP contribution in [0.15, 0.2) is 6.07 Å². The highest BCUT2D eigenvalue weighted by molar-refractivity contribution is 5.67. The molecule has 0 spiro atoms. The zero-order valence-corrected chi connectivity index (χ0v) is 8.97.